The first-order valence-electron chi connectivity index (χ1n) is 8.19. The van der Waals surface area contributed by atoms with Gasteiger partial charge >= 0.3 is 23.3 Å². The molecule has 4 radical (unpaired) electrons. The third-order valence-electron chi connectivity index (χ3n) is 3.93. The van der Waals surface area contributed by atoms with E-state index in [0.717, 1.165) is 15.8 Å². The number of phosphoric acid groups is 1. The van der Waals surface area contributed by atoms with Crippen molar-refractivity contribution in [1.29, 1.82) is 0 Å². The van der Waals surface area contributed by atoms with Crippen LogP contribution in [0.2, 0.25) is 0 Å². The van der Waals surface area contributed by atoms with Gasteiger partial charge in [-0.15, -0.1) is 4.86 Å². The van der Waals surface area contributed by atoms with Crippen molar-refractivity contribution in [3.63, 3.8) is 0 Å². The molecule has 6 atom stereocenters. The minimum Gasteiger partial charge on any atom is -0.387 e. The van der Waals surface area contributed by atoms with Gasteiger partial charge in [0.05, 0.1) is 12.9 Å². The summed E-state index contributed by atoms with van der Waals surface area (Å²) in [6.45, 7) is -0.985. The van der Waals surface area contributed by atoms with Gasteiger partial charge in [0.2, 0.25) is 5.95 Å². The first-order chi connectivity index (χ1) is 14.6. The number of imidazole rings is 1. The summed E-state index contributed by atoms with van der Waals surface area (Å²) in [6.07, 6.45) is -5.26. The molecule has 2 aromatic rings. The molecule has 0 amide bonds. The maximum absolute atomic E-state index is 11.9. The molecule has 36 heavy (non-hydrogen) atoms. The predicted octanol–water partition coefficient (Wildman–Crippen LogP) is -4.29. The Labute approximate surface area is 249 Å². The fourth-order valence-electron chi connectivity index (χ4n) is 2.74. The van der Waals surface area contributed by atoms with Gasteiger partial charge in [-0.25, -0.2) is 18.7 Å². The third-order valence-corrected chi connectivity index (χ3v) is 8.17. The Kier molecular flexibility index (Phi) is 15.7. The summed E-state index contributed by atoms with van der Waals surface area (Å²) < 4.78 is 48.7. The molecule has 26 heteroatoms. The van der Waals surface area contributed by atoms with Gasteiger partial charge in [0.15, 0.2) is 17.4 Å². The Balaban J connectivity index is 0. The van der Waals surface area contributed by atoms with E-state index in [2.05, 4.69) is 23.8 Å². The molecule has 1 aliphatic heterocycles. The number of aliphatic hydroxyl groups is 2. The first-order valence-corrected chi connectivity index (χ1v) is 12.9. The molecular weight excluding hydrogens is 533 g/mol. The minimum absolute atomic E-state index is 0. The summed E-state index contributed by atoms with van der Waals surface area (Å²) in [5.74, 6) is -0.270. The van der Waals surface area contributed by atoms with E-state index in [9.17, 15) is 38.5 Å². The van der Waals surface area contributed by atoms with E-state index in [1.54, 1.807) is 0 Å². The van der Waals surface area contributed by atoms with Crippen LogP contribution in [0.25, 0.3) is 11.2 Å². The zero-order chi connectivity index (χ0) is 24.1. The maximum Gasteiger partial charge on any atom is 0.480 e. The summed E-state index contributed by atoms with van der Waals surface area (Å²) >= 11 is 0. The molecule has 0 aromatic carbocycles. The number of phosphoric ester groups is 1. The number of H-pyrrole nitrogens is 1. The maximum atomic E-state index is 11.9. The number of nitrogens with two attached hydrogens (primary N) is 1. The summed E-state index contributed by atoms with van der Waals surface area (Å²) in [5, 5.41) is 20.4. The average molecular weight is 550 g/mol. The zero-order valence-electron chi connectivity index (χ0n) is 19.4. The molecule has 3 heterocycles. The first kappa shape index (κ1) is 39.0. The monoisotopic (exact) mass is 550 g/mol. The van der Waals surface area contributed by atoms with E-state index >= 15 is 0 Å². The van der Waals surface area contributed by atoms with Gasteiger partial charge < -0.3 is 40.3 Å². The van der Waals surface area contributed by atoms with E-state index < -0.39 is 60.0 Å². The largest absolute Gasteiger partial charge is 0.480 e. The van der Waals surface area contributed by atoms with Crippen LogP contribution in [-0.2, 0) is 27.3 Å². The van der Waals surface area contributed by atoms with Gasteiger partial charge in [0.25, 0.3) is 5.56 Å². The number of rotatable bonds is 8. The Bertz CT molecular complexity index is 1230. The van der Waals surface area contributed by atoms with Crippen LogP contribution in [0, 0.1) is 0 Å². The van der Waals surface area contributed by atoms with E-state index in [1.165, 1.54) is 0 Å². The molecule has 19 nitrogen and oxygen atoms in total. The van der Waals surface area contributed by atoms with Crippen molar-refractivity contribution in [1.82, 2.24) is 24.4 Å². The molecule has 2 unspecified atom stereocenters. The molecule has 1 fully saturated rings. The summed E-state index contributed by atoms with van der Waals surface area (Å²) in [7, 11) is -16.2. The van der Waals surface area contributed by atoms with E-state index in [0.29, 0.717) is 0 Å². The number of aromatic nitrogens is 4. The molecule has 0 saturated carbocycles. The number of hydrogen-bond donors (Lipinski definition) is 9. The van der Waals surface area contributed by atoms with Crippen LogP contribution < -0.4 is 16.2 Å². The van der Waals surface area contributed by atoms with Crippen molar-refractivity contribution >= 4 is 116 Å². The summed E-state index contributed by atoms with van der Waals surface area (Å²) in [5.41, 5.74) is 4.52. The Hall–Kier alpha value is 0.830. The quantitative estimate of drug-likeness (QED) is 0.111. The molecule has 2 aromatic heterocycles. The van der Waals surface area contributed by atoms with Gasteiger partial charge in [-0.1, -0.05) is 0 Å². The number of nitrogens with zero attached hydrogens (tertiary/aromatic N) is 3. The van der Waals surface area contributed by atoms with Crippen molar-refractivity contribution < 1.29 is 57.1 Å². The number of hydrogen-bond acceptors (Lipinski definition) is 12. The Morgan fingerprint density at radius 3 is 2.25 bits per heavy atom. The molecule has 0 bridgehead atoms. The number of ether oxygens (including phenoxy) is 1. The van der Waals surface area contributed by atoms with Crippen LogP contribution >= 0.6 is 23.3 Å². The second-order valence-corrected chi connectivity index (χ2v) is 11.1. The van der Waals surface area contributed by atoms with Gasteiger partial charge in [-0.3, -0.25) is 18.9 Å². The van der Waals surface area contributed by atoms with Gasteiger partial charge in [0, 0.05) is 75.4 Å². The van der Waals surface area contributed by atoms with E-state index in [4.69, 9.17) is 20.3 Å². The van der Waals surface area contributed by atoms with Crippen molar-refractivity contribution in [2.45, 2.75) is 24.5 Å². The topological polar surface area (TPSA) is 302 Å². The summed E-state index contributed by atoms with van der Waals surface area (Å²) in [4.78, 5) is 58.5. The van der Waals surface area contributed by atoms with Crippen LogP contribution in [0.3, 0.4) is 0 Å². The van der Waals surface area contributed by atoms with Crippen LogP contribution in [-0.4, -0.2) is 150 Å². The Morgan fingerprint density at radius 1 is 1.11 bits per heavy atom. The van der Waals surface area contributed by atoms with Gasteiger partial charge in [0.1, 0.15) is 18.3 Å². The molecule has 10 N–H and O–H groups in total. The van der Waals surface area contributed by atoms with Crippen molar-refractivity contribution in [2.75, 3.05) is 12.3 Å². The van der Waals surface area contributed by atoms with Crippen LogP contribution in [0.4, 0.5) is 5.95 Å². The normalized spacial score (nSPS) is 24.8. The summed E-state index contributed by atoms with van der Waals surface area (Å²) in [6, 6.07) is 0. The second-order valence-electron chi connectivity index (χ2n) is 6.33. The zero-order valence-corrected chi connectivity index (χ0v) is 22.1. The molecular formula is C10H17Li4N6O13P3. The number of nitrogens with one attached hydrogen (secondary N) is 2. The number of nitrogen functional groups attached to an aromatic ring is 1. The minimum atomic E-state index is -5.48. The average Bonchev–Trinajstić information content (AvgIpc) is 3.12. The number of aliphatic hydroxyl groups excluding tert-OH is 2. The van der Waals surface area contributed by atoms with Crippen LogP contribution in [0.1, 0.15) is 6.23 Å². The van der Waals surface area contributed by atoms with Crippen LogP contribution in [0.5, 0.6) is 0 Å². The second kappa shape index (κ2) is 14.5. The van der Waals surface area contributed by atoms with Gasteiger partial charge in [-0.05, 0) is 0 Å². The number of aromatic amines is 1. The number of anilines is 1. The molecule has 3 rings (SSSR count). The molecule has 1 aliphatic rings. The van der Waals surface area contributed by atoms with Crippen molar-refractivity contribution in [3.05, 3.63) is 16.7 Å². The molecule has 0 aliphatic carbocycles. The fraction of sp³-hybridized carbons (Fsp3) is 0.500. The Morgan fingerprint density at radius 2 is 1.69 bits per heavy atom. The van der Waals surface area contributed by atoms with Gasteiger partial charge in [-0.2, -0.15) is 9.29 Å². The van der Waals surface area contributed by atoms with Crippen LogP contribution in [0.15, 0.2) is 11.1 Å². The molecule has 0 spiro atoms. The van der Waals surface area contributed by atoms with Crippen molar-refractivity contribution in [2.24, 2.45) is 0 Å². The predicted molar refractivity (Wildman–Crippen MR) is 123 cm³/mol. The standard InChI is InChI=1S/C10H17N6O13P3.4Li/c11-10-13-7-4(8(19)14-10)12-2-16(7)9-6(18)5(17)3(28-9)1-27-32(25,26)29-31(23,24)15-30(20,21)22;;;;/h2-3,5-6,9,17-18H,1H2,(H,25,26)(H3,11,13,14,19)(H4,15,20,21,22,23,24);;;;/t3-,5-,6-,9-;;;;/m1..../s1. The fourth-order valence-corrected chi connectivity index (χ4v) is 6.17. The molecule has 1 saturated heterocycles. The smallest absolute Gasteiger partial charge is 0.387 e. The third kappa shape index (κ3) is 9.78. The van der Waals surface area contributed by atoms with E-state index in [1.807, 2.05) is 0 Å². The van der Waals surface area contributed by atoms with Crippen molar-refractivity contribution in [3.8, 4) is 0 Å². The number of fused-ring (bicyclic) bond motifs is 1. The molecule has 184 valence electrons. The SMILES string of the molecule is Nc1nc2c(ncn2[C@@H]2O[C@H](COP(=O)(O)OP(=O)(O)NP(=O)(O)O)[C@@H](O)[C@H]2O)c(=O)[nH]1.[Li].[Li].[Li].[Li]. The van der Waals surface area contributed by atoms with E-state index in [-0.39, 0.29) is 92.6 Å².